The zero-order valence-electron chi connectivity index (χ0n) is 11.5. The normalized spacial score (nSPS) is 10.7. The minimum atomic E-state index is -0.448. The Kier molecular flexibility index (Phi) is 5.31. The van der Waals surface area contributed by atoms with E-state index in [2.05, 4.69) is 10.5 Å². The second-order valence-corrected chi connectivity index (χ2v) is 5.42. The number of phenolic OH excluding ortho intramolecular Hbond substituents is 1. The van der Waals surface area contributed by atoms with Gasteiger partial charge in [-0.15, -0.1) is 0 Å². The van der Waals surface area contributed by atoms with Crippen LogP contribution in [0.3, 0.4) is 0 Å². The molecule has 0 spiro atoms. The Morgan fingerprint density at radius 1 is 1.36 bits per heavy atom. The van der Waals surface area contributed by atoms with Gasteiger partial charge in [-0.2, -0.15) is 5.10 Å². The van der Waals surface area contributed by atoms with E-state index >= 15 is 0 Å². The number of benzene rings is 2. The Morgan fingerprint density at radius 3 is 2.68 bits per heavy atom. The van der Waals surface area contributed by atoms with Gasteiger partial charge in [0.15, 0.2) is 11.5 Å². The lowest BCUT2D eigenvalue weighted by atomic mass is 10.2. The highest BCUT2D eigenvalue weighted by molar-refractivity contribution is 14.1. The third-order valence-corrected chi connectivity index (χ3v) is 3.58. The fraction of sp³-hybridized carbons (Fsp3) is 0.0667. The summed E-state index contributed by atoms with van der Waals surface area (Å²) in [5.74, 6) is -0.490. The van der Waals surface area contributed by atoms with Gasteiger partial charge in [-0.25, -0.2) is 9.82 Å². The van der Waals surface area contributed by atoms with E-state index in [9.17, 15) is 14.3 Å². The van der Waals surface area contributed by atoms with Crippen LogP contribution < -0.4 is 10.2 Å². The molecule has 0 aliphatic heterocycles. The summed E-state index contributed by atoms with van der Waals surface area (Å²) in [6.45, 7) is 0. The first-order chi connectivity index (χ1) is 10.5. The Balaban J connectivity index is 2.08. The van der Waals surface area contributed by atoms with Crippen LogP contribution >= 0.6 is 22.6 Å². The second-order valence-electron chi connectivity index (χ2n) is 4.26. The molecule has 2 N–H and O–H groups in total. The number of amides is 1. The van der Waals surface area contributed by atoms with Gasteiger partial charge < -0.3 is 9.84 Å². The number of halogens is 2. The lowest BCUT2D eigenvalue weighted by Crippen LogP contribution is -2.17. The van der Waals surface area contributed by atoms with Gasteiger partial charge >= 0.3 is 0 Å². The highest BCUT2D eigenvalue weighted by atomic mass is 127. The van der Waals surface area contributed by atoms with Crippen LogP contribution in [-0.2, 0) is 0 Å². The van der Waals surface area contributed by atoms with E-state index in [-0.39, 0.29) is 5.75 Å². The monoisotopic (exact) mass is 414 g/mol. The molecule has 0 radical (unpaired) electrons. The SMILES string of the molecule is COc1cc(C=NNC(=O)c2ccc(F)cc2)cc(I)c1O. The highest BCUT2D eigenvalue weighted by Gasteiger charge is 2.08. The molecule has 0 saturated heterocycles. The number of nitrogens with zero attached hydrogens (tertiary/aromatic N) is 1. The van der Waals surface area contributed by atoms with Crippen LogP contribution in [0.2, 0.25) is 0 Å². The first-order valence-corrected chi connectivity index (χ1v) is 7.24. The summed E-state index contributed by atoms with van der Waals surface area (Å²) in [6, 6.07) is 8.41. The second kappa shape index (κ2) is 7.21. The summed E-state index contributed by atoms with van der Waals surface area (Å²) in [6.07, 6.45) is 1.42. The predicted octanol–water partition coefficient (Wildman–Crippen LogP) is 2.91. The molecule has 22 heavy (non-hydrogen) atoms. The largest absolute Gasteiger partial charge is 0.504 e. The van der Waals surface area contributed by atoms with Crippen LogP contribution in [0.1, 0.15) is 15.9 Å². The first-order valence-electron chi connectivity index (χ1n) is 6.16. The standard InChI is InChI=1S/C15H12FIN2O3/c1-22-13-7-9(6-12(17)14(13)20)8-18-19-15(21)10-2-4-11(16)5-3-10/h2-8,20H,1H3,(H,19,21). The molecule has 114 valence electrons. The number of methoxy groups -OCH3 is 1. The van der Waals surface area contributed by atoms with Gasteiger partial charge in [-0.1, -0.05) is 0 Å². The third kappa shape index (κ3) is 3.94. The van der Waals surface area contributed by atoms with Crippen LogP contribution in [0.15, 0.2) is 41.5 Å². The molecule has 7 heteroatoms. The molecule has 2 aromatic carbocycles. The number of carbonyl (C=O) groups excluding carboxylic acids is 1. The molecule has 5 nitrogen and oxygen atoms in total. The maximum absolute atomic E-state index is 12.8. The molecule has 0 aromatic heterocycles. The topological polar surface area (TPSA) is 70.9 Å². The van der Waals surface area contributed by atoms with Gasteiger partial charge in [0, 0.05) is 5.56 Å². The van der Waals surface area contributed by atoms with Gasteiger partial charge in [-0.05, 0) is 64.6 Å². The summed E-state index contributed by atoms with van der Waals surface area (Å²) in [5.41, 5.74) is 3.29. The zero-order chi connectivity index (χ0) is 16.1. The number of hydrogen-bond donors (Lipinski definition) is 2. The molecule has 2 rings (SSSR count). The summed E-state index contributed by atoms with van der Waals surface area (Å²) in [4.78, 5) is 11.8. The molecule has 0 unspecified atom stereocenters. The van der Waals surface area contributed by atoms with Crippen molar-refractivity contribution in [1.82, 2.24) is 5.43 Å². The molecule has 0 aliphatic carbocycles. The number of aromatic hydroxyl groups is 1. The molecule has 0 saturated carbocycles. The van der Waals surface area contributed by atoms with Gasteiger partial charge in [-0.3, -0.25) is 4.79 Å². The van der Waals surface area contributed by atoms with Crippen molar-refractivity contribution in [2.45, 2.75) is 0 Å². The maximum atomic E-state index is 12.8. The van der Waals surface area contributed by atoms with Crippen LogP contribution in [0, 0.1) is 9.39 Å². The third-order valence-electron chi connectivity index (χ3n) is 2.76. The van der Waals surface area contributed by atoms with Gasteiger partial charge in [0.25, 0.3) is 5.91 Å². The average Bonchev–Trinajstić information content (AvgIpc) is 2.51. The molecule has 0 bridgehead atoms. The quantitative estimate of drug-likeness (QED) is 0.459. The number of hydrogen-bond acceptors (Lipinski definition) is 4. The van der Waals surface area contributed by atoms with E-state index in [1.165, 1.54) is 37.6 Å². The van der Waals surface area contributed by atoms with Gasteiger partial charge in [0.1, 0.15) is 5.82 Å². The molecule has 2 aromatic rings. The van der Waals surface area contributed by atoms with Gasteiger partial charge in [0.2, 0.25) is 0 Å². The summed E-state index contributed by atoms with van der Waals surface area (Å²) in [5, 5.41) is 13.6. The number of hydrazone groups is 1. The lowest BCUT2D eigenvalue weighted by molar-refractivity contribution is 0.0955. The molecule has 0 atom stereocenters. The Hall–Kier alpha value is -2.16. The maximum Gasteiger partial charge on any atom is 0.271 e. The Morgan fingerprint density at radius 2 is 2.05 bits per heavy atom. The predicted molar refractivity (Wildman–Crippen MR) is 88.8 cm³/mol. The smallest absolute Gasteiger partial charge is 0.271 e. The molecule has 0 aliphatic rings. The van der Waals surface area contributed by atoms with Crippen molar-refractivity contribution in [2.24, 2.45) is 5.10 Å². The van der Waals surface area contributed by atoms with E-state index in [1.807, 2.05) is 22.6 Å². The lowest BCUT2D eigenvalue weighted by Gasteiger charge is -2.06. The number of ether oxygens (including phenoxy) is 1. The minimum absolute atomic E-state index is 0.0515. The van der Waals surface area contributed by atoms with E-state index in [1.54, 1.807) is 12.1 Å². The van der Waals surface area contributed by atoms with Crippen LogP contribution in [0.5, 0.6) is 11.5 Å². The molecule has 1 amide bonds. The first kappa shape index (κ1) is 16.2. The minimum Gasteiger partial charge on any atom is -0.504 e. The Labute approximate surface area is 139 Å². The van der Waals surface area contributed by atoms with Crippen molar-refractivity contribution in [3.05, 3.63) is 56.9 Å². The molecule has 0 heterocycles. The van der Waals surface area contributed by atoms with Crippen molar-refractivity contribution >= 4 is 34.7 Å². The van der Waals surface area contributed by atoms with Crippen molar-refractivity contribution in [2.75, 3.05) is 7.11 Å². The highest BCUT2D eigenvalue weighted by Crippen LogP contribution is 2.31. The van der Waals surface area contributed by atoms with Crippen molar-refractivity contribution < 1.29 is 19.0 Å². The van der Waals surface area contributed by atoms with Crippen LogP contribution in [0.4, 0.5) is 4.39 Å². The van der Waals surface area contributed by atoms with Crippen LogP contribution in [-0.4, -0.2) is 24.3 Å². The number of carbonyl (C=O) groups is 1. The van der Waals surface area contributed by atoms with Crippen molar-refractivity contribution in [3.8, 4) is 11.5 Å². The Bertz CT molecular complexity index is 717. The molecular weight excluding hydrogens is 402 g/mol. The summed E-state index contributed by atoms with van der Waals surface area (Å²) < 4.78 is 18.4. The fourth-order valence-electron chi connectivity index (χ4n) is 1.66. The fourth-order valence-corrected chi connectivity index (χ4v) is 2.28. The van der Waals surface area contributed by atoms with E-state index < -0.39 is 11.7 Å². The summed E-state index contributed by atoms with van der Waals surface area (Å²) in [7, 11) is 1.45. The molecular formula is C15H12FIN2O3. The molecule has 0 fully saturated rings. The zero-order valence-corrected chi connectivity index (χ0v) is 13.7. The van der Waals surface area contributed by atoms with E-state index in [4.69, 9.17) is 4.74 Å². The van der Waals surface area contributed by atoms with E-state index in [0.29, 0.717) is 20.4 Å². The number of nitrogens with one attached hydrogen (secondary N) is 1. The van der Waals surface area contributed by atoms with E-state index in [0.717, 1.165) is 0 Å². The van der Waals surface area contributed by atoms with Crippen LogP contribution in [0.25, 0.3) is 0 Å². The number of rotatable bonds is 4. The number of phenols is 1. The average molecular weight is 414 g/mol. The van der Waals surface area contributed by atoms with Crippen molar-refractivity contribution in [1.29, 1.82) is 0 Å². The van der Waals surface area contributed by atoms with Gasteiger partial charge in [0.05, 0.1) is 16.9 Å². The summed E-state index contributed by atoms with van der Waals surface area (Å²) >= 11 is 1.96. The van der Waals surface area contributed by atoms with Crippen molar-refractivity contribution in [3.63, 3.8) is 0 Å².